The van der Waals surface area contributed by atoms with Gasteiger partial charge in [-0.1, -0.05) is 158 Å². The van der Waals surface area contributed by atoms with E-state index >= 15 is 0 Å². The molecule has 18 rings (SSSR count). The number of carbonyl (C=O) groups excluding carboxylic acids is 10. The van der Waals surface area contributed by atoms with Crippen molar-refractivity contribution in [3.05, 3.63) is 0 Å². The highest BCUT2D eigenvalue weighted by atomic mass is 16.6. The minimum atomic E-state index is -0.965. The third kappa shape index (κ3) is 31.8. The van der Waals surface area contributed by atoms with Crippen molar-refractivity contribution >= 4 is 59.7 Å². The third-order valence-electron chi connectivity index (χ3n) is 32.7. The summed E-state index contributed by atoms with van der Waals surface area (Å²) < 4.78 is 56.8. The molecule has 0 aromatic rings. The second kappa shape index (κ2) is 52.2. The van der Waals surface area contributed by atoms with Gasteiger partial charge in [0.05, 0.1) is 55.5 Å². The molecule has 0 spiro atoms. The predicted molar refractivity (Wildman–Crippen MR) is 539 cm³/mol. The highest BCUT2D eigenvalue weighted by Gasteiger charge is 2.63. The van der Waals surface area contributed by atoms with Crippen LogP contribution in [0.3, 0.4) is 0 Å². The Balaban J connectivity index is -0.000000743. The monoisotopic (exact) mass is 1900 g/mol. The number of rotatable bonds is 25. The van der Waals surface area contributed by atoms with Crippen molar-refractivity contribution < 1.29 is 106 Å². The number of aliphatic hydroxyl groups is 2. The normalized spacial score (nSPS) is 30.9. The zero-order valence-corrected chi connectivity index (χ0v) is 79.2. The lowest BCUT2D eigenvalue weighted by Gasteiger charge is -2.59. The lowest BCUT2D eigenvalue weighted by atomic mass is 9.52. The highest BCUT2D eigenvalue weighted by Crippen LogP contribution is 2.62. The quantitative estimate of drug-likeness (QED) is 0.0634. The van der Waals surface area contributed by atoms with Gasteiger partial charge < -0.3 is 57.6 Å². The van der Waals surface area contributed by atoms with Gasteiger partial charge in [0.2, 0.25) is 0 Å². The summed E-state index contributed by atoms with van der Waals surface area (Å²) in [6.45, 7) is 46.6. The fourth-order valence-corrected chi connectivity index (χ4v) is 22.6. The van der Waals surface area contributed by atoms with Crippen molar-refractivity contribution in [1.82, 2.24) is 0 Å². The number of fused-ring (bicyclic) bond motifs is 2. The van der Waals surface area contributed by atoms with Crippen LogP contribution in [0.1, 0.15) is 480 Å². The largest absolute Gasteiger partial charge is 0.459 e. The molecule has 22 heteroatoms. The minimum absolute atomic E-state index is 0. The Hall–Kier alpha value is -5.38. The predicted octanol–water partition coefficient (Wildman–Crippen LogP) is 27.2. The van der Waals surface area contributed by atoms with Crippen LogP contribution < -0.4 is 0 Å². The maximum absolute atomic E-state index is 12.4. The first-order chi connectivity index (χ1) is 56.1. The molecule has 0 aromatic heterocycles. The smallest absolute Gasteiger partial charge is 0.347 e. The summed E-state index contributed by atoms with van der Waals surface area (Å²) in [5.41, 5.74) is -4.95. The molecule has 133 heavy (non-hydrogen) atoms. The molecule has 14 aliphatic carbocycles. The first-order valence-electron chi connectivity index (χ1n) is 47.8. The Morgan fingerprint density at radius 2 is 0.609 bits per heavy atom. The summed E-state index contributed by atoms with van der Waals surface area (Å²) in [6, 6.07) is 0. The van der Waals surface area contributed by atoms with Crippen molar-refractivity contribution in [2.75, 3.05) is 0 Å². The van der Waals surface area contributed by atoms with E-state index in [2.05, 4.69) is 27.7 Å². The molecular formula is C111H210O22. The van der Waals surface area contributed by atoms with Crippen molar-refractivity contribution in [2.45, 2.75) is 550 Å². The molecule has 0 aromatic carbocycles. The van der Waals surface area contributed by atoms with Gasteiger partial charge in [0, 0.05) is 24.7 Å². The van der Waals surface area contributed by atoms with E-state index in [1.165, 1.54) is 52.4 Å². The van der Waals surface area contributed by atoms with E-state index in [0.717, 1.165) is 161 Å². The summed E-state index contributed by atoms with van der Waals surface area (Å²) >= 11 is 0. The lowest BCUT2D eigenvalue weighted by Crippen LogP contribution is -2.61. The Morgan fingerprint density at radius 1 is 0.346 bits per heavy atom. The van der Waals surface area contributed by atoms with Gasteiger partial charge in [-0.25, -0.2) is 9.59 Å². The van der Waals surface area contributed by atoms with Gasteiger partial charge in [-0.05, 0) is 356 Å². The molecule has 4 saturated heterocycles. The van der Waals surface area contributed by atoms with Crippen LogP contribution in [-0.4, -0.2) is 140 Å². The topological polar surface area (TPSA) is 303 Å². The molecule has 22 nitrogen and oxygen atoms in total. The molecular weight excluding hydrogens is 1690 g/mol. The molecule has 16 bridgehead atoms. The van der Waals surface area contributed by atoms with Crippen LogP contribution in [0.4, 0.5) is 0 Å². The molecule has 0 radical (unpaired) electrons. The fourth-order valence-electron chi connectivity index (χ4n) is 22.6. The lowest BCUT2D eigenvalue weighted by molar-refractivity contribution is -0.226. The van der Waals surface area contributed by atoms with Gasteiger partial charge >= 0.3 is 59.7 Å². The summed E-state index contributed by atoms with van der Waals surface area (Å²) in [6.07, 6.45) is 29.1. The standard InChI is InChI=1S/2C19H28O6.2C16H26O3.C15H28O2.C14H26O2.12CH4/c2*1-5-19(3,4)18(22)23-10(2)16(20)25-15-12-6-11-7-13(9-12)17(21)24-14(15)8-11;2*1-4-14(2,3)13(17)19-16-8-11-5-12(9-16)7-15(18,6-11)10-16;1-6-12(3)15(10-8-9-11-15)17-13(16)14(4,5)7-2;1-6-13(4,5)12(15)16-14(11(2)3)9-7-8-10-14;;;;;;;;;;;;/h2*10-15H,5-9H2,1-4H3;2*11-12,18H,4-10H2,1-3H3;12H,6-11H2,1-5H3;11H,6-10H2,1-5H3;12*1H4. The van der Waals surface area contributed by atoms with Crippen LogP contribution in [0, 0.1) is 104 Å². The van der Waals surface area contributed by atoms with Gasteiger partial charge in [0.25, 0.3) is 0 Å². The third-order valence-corrected chi connectivity index (χ3v) is 32.7. The highest BCUT2D eigenvalue weighted by molar-refractivity contribution is 5.83. The van der Waals surface area contributed by atoms with Gasteiger partial charge in [0.15, 0.2) is 12.2 Å². The van der Waals surface area contributed by atoms with E-state index in [-0.39, 0.29) is 194 Å². The van der Waals surface area contributed by atoms with Gasteiger partial charge in [-0.3, -0.25) is 38.4 Å². The average molecular weight is 1900 g/mol. The van der Waals surface area contributed by atoms with Crippen LogP contribution >= 0.6 is 0 Å². The Morgan fingerprint density at radius 3 is 0.872 bits per heavy atom. The minimum Gasteiger partial charge on any atom is -0.459 e. The number of ether oxygens (including phenoxy) is 10. The molecule has 0 amide bonds. The van der Waals surface area contributed by atoms with E-state index in [1.807, 2.05) is 96.9 Å². The van der Waals surface area contributed by atoms with Gasteiger partial charge in [0.1, 0.15) is 46.8 Å². The molecule has 17 atom stereocenters. The number of esters is 10. The Bertz CT molecular complexity index is 3420. The average Bonchev–Trinajstić information content (AvgIpc) is 1.03. The number of hydrogen-bond acceptors (Lipinski definition) is 22. The maximum atomic E-state index is 12.4. The summed E-state index contributed by atoms with van der Waals surface area (Å²) in [4.78, 5) is 122. The van der Waals surface area contributed by atoms with Crippen LogP contribution in [0.15, 0.2) is 0 Å². The zero-order chi connectivity index (χ0) is 90.0. The van der Waals surface area contributed by atoms with E-state index in [9.17, 15) is 58.2 Å². The second-order valence-electron chi connectivity index (χ2n) is 45.1. The van der Waals surface area contributed by atoms with E-state index < -0.39 is 81.2 Å². The molecule has 14 saturated carbocycles. The molecule has 18 aliphatic rings. The SMILES string of the molecule is C.C.C.C.C.C.C.C.C.C.C.C.CCC(C)(C)C(=O)OC(C)C(=O)OC1C2CC3CC(C2)C(=O)OC1C3.CCC(C)(C)C(=O)OC(C)C(=O)OC1C2CC3CC(C2)C(=O)OC1C3.CCC(C)(C)C(=O)OC1(C(C)C)CCCC1.CCC(C)(C)C(=O)OC12CC3CC(CC(O)(C3)C1)C2.CCC(C)(C)C(=O)OC12CC3CC(CC(O)(C3)C1)C2.CCC(C)C1(OC(=O)C(C)(C)CC)CCCC1. The fraction of sp³-hybridized carbons (Fsp3) is 0.910. The van der Waals surface area contributed by atoms with Gasteiger partial charge in [-0.2, -0.15) is 0 Å². The summed E-state index contributed by atoms with van der Waals surface area (Å²) in [7, 11) is 0. The van der Waals surface area contributed by atoms with Crippen LogP contribution in [-0.2, 0) is 95.3 Å². The van der Waals surface area contributed by atoms with Crippen LogP contribution in [0.25, 0.3) is 0 Å². The summed E-state index contributed by atoms with van der Waals surface area (Å²) in [5, 5.41) is 21.3. The first-order valence-corrected chi connectivity index (χ1v) is 47.8. The molecule has 18 fully saturated rings. The number of carbonyl (C=O) groups is 10. The Labute approximate surface area is 814 Å². The Kier molecular flexibility index (Phi) is 52.6. The van der Waals surface area contributed by atoms with E-state index in [4.69, 9.17) is 47.4 Å². The second-order valence-corrected chi connectivity index (χ2v) is 45.1. The zero-order valence-electron chi connectivity index (χ0n) is 79.2. The van der Waals surface area contributed by atoms with E-state index in [1.54, 1.807) is 27.7 Å². The molecule has 786 valence electrons. The molecule has 4 heterocycles. The van der Waals surface area contributed by atoms with Crippen molar-refractivity contribution in [3.63, 3.8) is 0 Å². The molecule has 17 unspecified atom stereocenters. The van der Waals surface area contributed by atoms with Gasteiger partial charge in [-0.15, -0.1) is 0 Å². The van der Waals surface area contributed by atoms with Crippen LogP contribution in [0.5, 0.6) is 0 Å². The molecule has 2 N–H and O–H groups in total. The summed E-state index contributed by atoms with van der Waals surface area (Å²) in [5.74, 6) is 1.86. The molecule has 4 aliphatic heterocycles. The number of hydrogen-bond donors (Lipinski definition) is 2. The maximum Gasteiger partial charge on any atom is 0.347 e. The van der Waals surface area contributed by atoms with Crippen molar-refractivity contribution in [3.8, 4) is 0 Å². The first kappa shape index (κ1) is 134. The van der Waals surface area contributed by atoms with E-state index in [0.29, 0.717) is 73.0 Å². The van der Waals surface area contributed by atoms with Crippen LogP contribution in [0.2, 0.25) is 0 Å². The van der Waals surface area contributed by atoms with Crippen molar-refractivity contribution in [1.29, 1.82) is 0 Å². The van der Waals surface area contributed by atoms with Crippen molar-refractivity contribution in [2.24, 2.45) is 104 Å².